The van der Waals surface area contributed by atoms with Gasteiger partial charge in [-0.2, -0.15) is 9.78 Å². The second-order valence-corrected chi connectivity index (χ2v) is 6.40. The molecule has 0 unspecified atom stereocenters. The zero-order chi connectivity index (χ0) is 18.4. The molecule has 0 atom stereocenters. The van der Waals surface area contributed by atoms with E-state index in [1.54, 1.807) is 18.2 Å². The average Bonchev–Trinajstić information content (AvgIpc) is 3.25. The predicted molar refractivity (Wildman–Crippen MR) is 103 cm³/mol. The van der Waals surface area contributed by atoms with E-state index in [1.165, 1.54) is 4.68 Å². The molecule has 0 saturated heterocycles. The maximum Gasteiger partial charge on any atom is 0.278 e. The molecule has 0 amide bonds. The summed E-state index contributed by atoms with van der Waals surface area (Å²) in [5, 5.41) is 4.58. The first-order chi connectivity index (χ1) is 13.3. The molecule has 1 aliphatic rings. The monoisotopic (exact) mass is 350 g/mol. The van der Waals surface area contributed by atoms with E-state index in [4.69, 9.17) is 0 Å². The van der Waals surface area contributed by atoms with E-state index < -0.39 is 0 Å². The summed E-state index contributed by atoms with van der Waals surface area (Å²) < 4.78 is 1.36. The smallest absolute Gasteiger partial charge is 0.278 e. The van der Waals surface area contributed by atoms with Crippen molar-refractivity contribution in [3.63, 3.8) is 0 Å². The Bertz CT molecular complexity index is 1190. The molecule has 0 bridgehead atoms. The largest absolute Gasteiger partial charge is 0.288 e. The number of hydrogen-bond donors (Lipinski definition) is 0. The minimum atomic E-state index is -0.255. The van der Waals surface area contributed by atoms with Crippen molar-refractivity contribution >= 4 is 11.7 Å². The molecule has 128 valence electrons. The molecule has 0 radical (unpaired) electrons. The maximum absolute atomic E-state index is 13.2. The molecule has 1 heterocycles. The van der Waals surface area contributed by atoms with E-state index >= 15 is 0 Å². The van der Waals surface area contributed by atoms with Crippen LogP contribution in [0.15, 0.2) is 84.9 Å². The number of hydrogen-bond acceptors (Lipinski definition) is 3. The normalized spacial score (nSPS) is 11.9. The summed E-state index contributed by atoms with van der Waals surface area (Å²) in [7, 11) is 0. The highest BCUT2D eigenvalue weighted by molar-refractivity contribution is 6.24. The summed E-state index contributed by atoms with van der Waals surface area (Å²) in [6.45, 7) is 0. The Morgan fingerprint density at radius 1 is 0.741 bits per heavy atom. The minimum absolute atomic E-state index is 0.0911. The van der Waals surface area contributed by atoms with Crippen molar-refractivity contribution in [3.8, 4) is 22.5 Å². The van der Waals surface area contributed by atoms with Crippen LogP contribution >= 0.6 is 0 Å². The van der Waals surface area contributed by atoms with Crippen LogP contribution in [0.2, 0.25) is 0 Å². The van der Waals surface area contributed by atoms with E-state index in [1.807, 2.05) is 66.7 Å². The van der Waals surface area contributed by atoms with Crippen LogP contribution in [0.25, 0.3) is 22.5 Å². The van der Waals surface area contributed by atoms with Gasteiger partial charge in [-0.15, -0.1) is 0 Å². The molecule has 0 spiro atoms. The number of fused-ring (bicyclic) bond motifs is 3. The van der Waals surface area contributed by atoms with Crippen molar-refractivity contribution in [1.82, 2.24) is 9.78 Å². The van der Waals surface area contributed by atoms with E-state index in [0.717, 1.165) is 11.1 Å². The summed E-state index contributed by atoms with van der Waals surface area (Å²) in [5.74, 6) is -0.347. The third kappa shape index (κ3) is 2.27. The Labute approximate surface area is 155 Å². The lowest BCUT2D eigenvalue weighted by Gasteiger charge is -2.09. The summed E-state index contributed by atoms with van der Waals surface area (Å²) in [5.41, 5.74) is 4.32. The van der Waals surface area contributed by atoms with Gasteiger partial charge in [-0.1, -0.05) is 72.8 Å². The number of carbonyl (C=O) groups excluding carboxylic acids is 2. The van der Waals surface area contributed by atoms with Crippen molar-refractivity contribution in [3.05, 3.63) is 102 Å². The van der Waals surface area contributed by atoms with E-state index in [9.17, 15) is 9.59 Å². The van der Waals surface area contributed by atoms with Gasteiger partial charge < -0.3 is 0 Å². The van der Waals surface area contributed by atoms with Gasteiger partial charge in [-0.05, 0) is 12.1 Å². The third-order valence-corrected chi connectivity index (χ3v) is 4.80. The summed E-state index contributed by atoms with van der Waals surface area (Å²) in [4.78, 5) is 26.2. The Balaban J connectivity index is 1.80. The number of aromatic nitrogens is 2. The second-order valence-electron chi connectivity index (χ2n) is 6.40. The molecule has 1 aliphatic carbocycles. The fourth-order valence-electron chi connectivity index (χ4n) is 3.56. The average molecular weight is 350 g/mol. The third-order valence-electron chi connectivity index (χ3n) is 4.80. The molecule has 5 rings (SSSR count). The molecule has 4 heteroatoms. The second kappa shape index (κ2) is 5.88. The fraction of sp³-hybridized carbons (Fsp3) is 0. The van der Waals surface area contributed by atoms with Crippen LogP contribution in [0, 0.1) is 0 Å². The quantitative estimate of drug-likeness (QED) is 0.473. The molecular formula is C23H14N2O2. The summed E-state index contributed by atoms with van der Waals surface area (Å²) in [6.07, 6.45) is 0. The van der Waals surface area contributed by atoms with Crippen LogP contribution < -0.4 is 0 Å². The molecule has 0 fully saturated rings. The highest BCUT2D eigenvalue weighted by Gasteiger charge is 2.35. The Hall–Kier alpha value is -3.79. The first-order valence-electron chi connectivity index (χ1n) is 8.68. The van der Waals surface area contributed by atoms with E-state index in [-0.39, 0.29) is 11.7 Å². The fourth-order valence-corrected chi connectivity index (χ4v) is 3.56. The maximum atomic E-state index is 13.2. The topological polar surface area (TPSA) is 52.0 Å². The van der Waals surface area contributed by atoms with Crippen molar-refractivity contribution in [2.75, 3.05) is 0 Å². The van der Waals surface area contributed by atoms with Gasteiger partial charge >= 0.3 is 0 Å². The number of benzene rings is 3. The first-order valence-corrected chi connectivity index (χ1v) is 8.68. The lowest BCUT2D eigenvalue weighted by Crippen LogP contribution is -2.16. The van der Waals surface area contributed by atoms with Crippen LogP contribution in [-0.4, -0.2) is 21.5 Å². The number of rotatable bonds is 2. The van der Waals surface area contributed by atoms with E-state index in [2.05, 4.69) is 5.10 Å². The van der Waals surface area contributed by atoms with Gasteiger partial charge in [0.05, 0.1) is 11.3 Å². The molecular weight excluding hydrogens is 336 g/mol. The lowest BCUT2D eigenvalue weighted by atomic mass is 10.0. The van der Waals surface area contributed by atoms with Gasteiger partial charge in [0.25, 0.3) is 5.91 Å². The van der Waals surface area contributed by atoms with Gasteiger partial charge in [0, 0.05) is 22.3 Å². The number of carbonyl (C=O) groups is 2. The van der Waals surface area contributed by atoms with Crippen LogP contribution in [-0.2, 0) is 0 Å². The van der Waals surface area contributed by atoms with Crippen molar-refractivity contribution < 1.29 is 9.59 Å². The minimum Gasteiger partial charge on any atom is -0.288 e. The molecule has 4 aromatic rings. The van der Waals surface area contributed by atoms with Crippen molar-refractivity contribution in [2.45, 2.75) is 0 Å². The summed E-state index contributed by atoms with van der Waals surface area (Å²) in [6, 6.07) is 25.8. The van der Waals surface area contributed by atoms with Crippen LogP contribution in [0.3, 0.4) is 0 Å². The molecule has 27 heavy (non-hydrogen) atoms. The summed E-state index contributed by atoms with van der Waals surface area (Å²) >= 11 is 0. The van der Waals surface area contributed by atoms with Gasteiger partial charge in [-0.25, -0.2) is 0 Å². The van der Waals surface area contributed by atoms with Crippen LogP contribution in [0.4, 0.5) is 0 Å². The van der Waals surface area contributed by atoms with Gasteiger partial charge in [-0.3, -0.25) is 9.59 Å². The zero-order valence-electron chi connectivity index (χ0n) is 14.3. The molecule has 0 N–H and O–H groups in total. The lowest BCUT2D eigenvalue weighted by molar-refractivity contribution is 0.0947. The van der Waals surface area contributed by atoms with Crippen LogP contribution in [0.1, 0.15) is 26.3 Å². The van der Waals surface area contributed by atoms with Crippen molar-refractivity contribution in [1.29, 1.82) is 0 Å². The van der Waals surface area contributed by atoms with Crippen LogP contribution in [0.5, 0.6) is 0 Å². The first kappa shape index (κ1) is 15.5. The molecule has 0 aliphatic heterocycles. The number of nitrogens with zero attached hydrogens (tertiary/aromatic N) is 2. The predicted octanol–water partition coefficient (Wildman–Crippen LogP) is 4.45. The highest BCUT2D eigenvalue weighted by atomic mass is 16.2. The highest BCUT2D eigenvalue weighted by Crippen LogP contribution is 2.41. The standard InChI is InChI=1S/C23H14N2O2/c26-22-18-14-8-7-13-17(18)20-19(22)21(15-9-3-1-4-10-15)25(24-20)23(27)16-11-5-2-6-12-16/h1-14H. The van der Waals surface area contributed by atoms with Gasteiger partial charge in [0.15, 0.2) is 5.78 Å². The van der Waals surface area contributed by atoms with Crippen molar-refractivity contribution in [2.24, 2.45) is 0 Å². The zero-order valence-corrected chi connectivity index (χ0v) is 14.3. The SMILES string of the molecule is O=C1c2ccccc2-c2nn(C(=O)c3ccccc3)c(-c3ccccc3)c21. The Morgan fingerprint density at radius 2 is 1.33 bits per heavy atom. The van der Waals surface area contributed by atoms with E-state index in [0.29, 0.717) is 28.1 Å². The molecule has 4 nitrogen and oxygen atoms in total. The Kier molecular flexibility index (Phi) is 3.37. The van der Waals surface area contributed by atoms with Gasteiger partial charge in [0.2, 0.25) is 0 Å². The Morgan fingerprint density at radius 3 is 2.04 bits per heavy atom. The number of ketones is 1. The molecule has 1 aromatic heterocycles. The molecule has 0 saturated carbocycles. The molecule has 3 aromatic carbocycles. The van der Waals surface area contributed by atoms with Gasteiger partial charge in [0.1, 0.15) is 5.69 Å².